The van der Waals surface area contributed by atoms with Crippen LogP contribution in [0.25, 0.3) is 0 Å². The summed E-state index contributed by atoms with van der Waals surface area (Å²) in [4.78, 5) is 10.3. The molecule has 1 aliphatic heterocycles. The van der Waals surface area contributed by atoms with Gasteiger partial charge in [-0.05, 0) is 44.6 Å². The highest BCUT2D eigenvalue weighted by atomic mass is 35.5. The Labute approximate surface area is 152 Å². The van der Waals surface area contributed by atoms with Gasteiger partial charge < -0.3 is 0 Å². The van der Waals surface area contributed by atoms with Crippen LogP contribution in [0, 0.1) is 10.1 Å². The monoisotopic (exact) mass is 384 g/mol. The maximum Gasteiger partial charge on any atom is 0.289 e. The molecule has 136 valence electrons. The molecule has 1 aliphatic carbocycles. The van der Waals surface area contributed by atoms with Crippen LogP contribution in [-0.2, 0) is 10.0 Å². The third-order valence-electron chi connectivity index (χ3n) is 4.94. The summed E-state index contributed by atoms with van der Waals surface area (Å²) in [5, 5.41) is 11.9. The van der Waals surface area contributed by atoms with Crippen molar-refractivity contribution in [3.05, 3.63) is 45.0 Å². The Bertz CT molecular complexity index is 799. The largest absolute Gasteiger partial charge is 0.289 e. The second-order valence-corrected chi connectivity index (χ2v) is 8.78. The van der Waals surface area contributed by atoms with E-state index in [4.69, 9.17) is 11.6 Å². The maximum atomic E-state index is 13.1. The van der Waals surface area contributed by atoms with Crippen molar-refractivity contribution in [1.29, 1.82) is 0 Å². The lowest BCUT2D eigenvalue weighted by atomic mass is 9.93. The number of benzene rings is 1. The lowest BCUT2D eigenvalue weighted by molar-refractivity contribution is -0.387. The molecule has 6 nitrogen and oxygen atoms in total. The van der Waals surface area contributed by atoms with Crippen LogP contribution in [-0.4, -0.2) is 30.2 Å². The number of nitrogens with zero attached hydrogens (tertiary/aromatic N) is 2. The fourth-order valence-corrected chi connectivity index (χ4v) is 5.99. The van der Waals surface area contributed by atoms with Crippen molar-refractivity contribution in [3.8, 4) is 0 Å². The fraction of sp³-hybridized carbons (Fsp3) is 0.529. The molecule has 2 fully saturated rings. The summed E-state index contributed by atoms with van der Waals surface area (Å²) >= 11 is 6.60. The molecule has 1 saturated carbocycles. The van der Waals surface area contributed by atoms with Crippen LogP contribution < -0.4 is 0 Å². The number of para-hydroxylation sites is 1. The lowest BCUT2D eigenvalue weighted by Gasteiger charge is -2.26. The number of hydrogen-bond donors (Lipinski definition) is 0. The molecule has 25 heavy (non-hydrogen) atoms. The van der Waals surface area contributed by atoms with Crippen molar-refractivity contribution < 1.29 is 13.3 Å². The molecule has 1 aromatic carbocycles. The molecular formula is C17H21ClN2O4S. The molecule has 1 heterocycles. The highest BCUT2D eigenvalue weighted by Crippen LogP contribution is 2.38. The second kappa shape index (κ2) is 7.43. The molecular weight excluding hydrogens is 364 g/mol. The lowest BCUT2D eigenvalue weighted by Crippen LogP contribution is -2.36. The van der Waals surface area contributed by atoms with Gasteiger partial charge in [0.25, 0.3) is 5.69 Å². The van der Waals surface area contributed by atoms with Gasteiger partial charge in [-0.1, -0.05) is 35.7 Å². The highest BCUT2D eigenvalue weighted by molar-refractivity contribution is 7.89. The van der Waals surface area contributed by atoms with Gasteiger partial charge in [0.05, 0.1) is 11.0 Å². The first-order chi connectivity index (χ1) is 11.9. The Hall–Kier alpha value is -1.44. The summed E-state index contributed by atoms with van der Waals surface area (Å²) < 4.78 is 27.5. The van der Waals surface area contributed by atoms with Crippen LogP contribution in [0.1, 0.15) is 44.9 Å². The van der Waals surface area contributed by atoms with Crippen LogP contribution in [0.15, 0.2) is 39.8 Å². The van der Waals surface area contributed by atoms with Crippen molar-refractivity contribution in [2.24, 2.45) is 0 Å². The van der Waals surface area contributed by atoms with Gasteiger partial charge in [0.2, 0.25) is 10.0 Å². The van der Waals surface area contributed by atoms with Crippen LogP contribution >= 0.6 is 11.6 Å². The Balaban J connectivity index is 1.98. The van der Waals surface area contributed by atoms with Gasteiger partial charge in [-0.3, -0.25) is 10.1 Å². The van der Waals surface area contributed by atoms with E-state index in [9.17, 15) is 18.5 Å². The van der Waals surface area contributed by atoms with E-state index in [0.717, 1.165) is 31.3 Å². The van der Waals surface area contributed by atoms with E-state index >= 15 is 0 Å². The number of hydrogen-bond acceptors (Lipinski definition) is 4. The first kappa shape index (κ1) is 18.4. The smallest absolute Gasteiger partial charge is 0.258 e. The predicted molar refractivity (Wildman–Crippen MR) is 96.0 cm³/mol. The van der Waals surface area contributed by atoms with E-state index in [1.54, 1.807) is 0 Å². The van der Waals surface area contributed by atoms with Gasteiger partial charge in [0, 0.05) is 17.6 Å². The third-order valence-corrected chi connectivity index (χ3v) is 7.41. The van der Waals surface area contributed by atoms with Crippen molar-refractivity contribution in [3.63, 3.8) is 0 Å². The Morgan fingerprint density at radius 3 is 2.52 bits per heavy atom. The zero-order valence-corrected chi connectivity index (χ0v) is 15.4. The zero-order valence-electron chi connectivity index (χ0n) is 13.9. The first-order valence-electron chi connectivity index (χ1n) is 8.55. The molecule has 0 amide bonds. The summed E-state index contributed by atoms with van der Waals surface area (Å²) in [6, 6.07) is 5.09. The van der Waals surface area contributed by atoms with Gasteiger partial charge in [-0.2, -0.15) is 4.31 Å². The van der Waals surface area contributed by atoms with Crippen molar-refractivity contribution in [1.82, 2.24) is 4.31 Å². The maximum absolute atomic E-state index is 13.1. The van der Waals surface area contributed by atoms with Crippen molar-refractivity contribution in [2.75, 3.05) is 6.54 Å². The molecule has 0 aromatic heterocycles. The highest BCUT2D eigenvalue weighted by Gasteiger charge is 2.40. The minimum absolute atomic E-state index is 0.259. The number of allylic oxidation sites excluding steroid dienone is 1. The molecule has 0 radical (unpaired) electrons. The third kappa shape index (κ3) is 3.59. The standard InChI is InChI=1S/C17H21ClN2O4S/c18-17(13-7-2-1-3-8-13)15-10-6-12-19(15)25(23,24)16-11-5-4-9-14(16)20(21)22/h4-5,9,11,15H,1-3,6-8,10,12H2. The number of rotatable bonds is 4. The van der Waals surface area contributed by atoms with E-state index in [-0.39, 0.29) is 4.90 Å². The van der Waals surface area contributed by atoms with Gasteiger partial charge in [0.1, 0.15) is 0 Å². The zero-order chi connectivity index (χ0) is 18.0. The Morgan fingerprint density at radius 1 is 1.16 bits per heavy atom. The molecule has 0 N–H and O–H groups in total. The fourth-order valence-electron chi connectivity index (χ4n) is 3.69. The summed E-state index contributed by atoms with van der Waals surface area (Å²) in [6.07, 6.45) is 6.51. The van der Waals surface area contributed by atoms with Crippen molar-refractivity contribution >= 4 is 27.3 Å². The second-order valence-electron chi connectivity index (χ2n) is 6.51. The molecule has 3 rings (SSSR count). The minimum Gasteiger partial charge on any atom is -0.258 e. The van der Waals surface area contributed by atoms with Crippen LogP contribution in [0.3, 0.4) is 0 Å². The molecule has 1 unspecified atom stereocenters. The molecule has 2 aliphatic rings. The minimum atomic E-state index is -3.97. The number of nitro groups is 1. The SMILES string of the molecule is O=[N+]([O-])c1ccccc1S(=O)(=O)N1CCCC1C(Cl)=C1CCCCC1. The van der Waals surface area contributed by atoms with E-state index in [2.05, 4.69) is 0 Å². The van der Waals surface area contributed by atoms with Crippen LogP contribution in [0.2, 0.25) is 0 Å². The Morgan fingerprint density at radius 2 is 1.84 bits per heavy atom. The Kier molecular flexibility index (Phi) is 5.46. The first-order valence-corrected chi connectivity index (χ1v) is 10.4. The van der Waals surface area contributed by atoms with Gasteiger partial charge in [0.15, 0.2) is 4.90 Å². The number of nitro benzene ring substituents is 1. The molecule has 1 saturated heterocycles. The topological polar surface area (TPSA) is 80.5 Å². The van der Waals surface area contributed by atoms with Gasteiger partial charge in [-0.25, -0.2) is 8.42 Å². The van der Waals surface area contributed by atoms with Gasteiger partial charge >= 0.3 is 0 Å². The van der Waals surface area contributed by atoms with Crippen LogP contribution in [0.4, 0.5) is 5.69 Å². The molecule has 1 atom stereocenters. The summed E-state index contributed by atoms with van der Waals surface area (Å²) in [5.74, 6) is 0. The quantitative estimate of drug-likeness (QED) is 0.575. The van der Waals surface area contributed by atoms with E-state index in [1.165, 1.54) is 35.0 Å². The summed E-state index contributed by atoms with van der Waals surface area (Å²) in [5.41, 5.74) is 0.747. The molecule has 8 heteroatoms. The molecule has 1 aromatic rings. The molecule has 0 spiro atoms. The average Bonchev–Trinajstić information content (AvgIpc) is 3.12. The molecule has 0 bridgehead atoms. The van der Waals surface area contributed by atoms with Crippen LogP contribution in [0.5, 0.6) is 0 Å². The predicted octanol–water partition coefficient (Wildman–Crippen LogP) is 4.20. The summed E-state index contributed by atoms with van der Waals surface area (Å²) in [7, 11) is -3.97. The van der Waals surface area contributed by atoms with Crippen molar-refractivity contribution in [2.45, 2.75) is 55.9 Å². The van der Waals surface area contributed by atoms with E-state index in [1.807, 2.05) is 0 Å². The van der Waals surface area contributed by atoms with Gasteiger partial charge in [-0.15, -0.1) is 0 Å². The number of sulfonamides is 1. The average molecular weight is 385 g/mol. The van der Waals surface area contributed by atoms with E-state index < -0.39 is 26.7 Å². The summed E-state index contributed by atoms with van der Waals surface area (Å²) in [6.45, 7) is 0.336. The normalized spacial score (nSPS) is 22.1. The number of halogens is 1. The van der Waals surface area contributed by atoms with E-state index in [0.29, 0.717) is 24.4 Å².